The maximum atomic E-state index is 12.4. The third kappa shape index (κ3) is 4.33. The minimum atomic E-state index is -0.841. The highest BCUT2D eigenvalue weighted by Crippen LogP contribution is 2.32. The number of carbonyl (C=O) groups excluding carboxylic acids is 2. The molecule has 0 saturated heterocycles. The van der Waals surface area contributed by atoms with Crippen molar-refractivity contribution in [3.8, 4) is 0 Å². The number of anilines is 1. The largest absolute Gasteiger partial charge is 0.448 e. The van der Waals surface area contributed by atoms with Gasteiger partial charge in [-0.15, -0.1) is 11.3 Å². The summed E-state index contributed by atoms with van der Waals surface area (Å²) in [5.41, 5.74) is 3.17. The van der Waals surface area contributed by atoms with Crippen LogP contribution in [-0.2, 0) is 28.8 Å². The first-order valence-corrected chi connectivity index (χ1v) is 10.00. The van der Waals surface area contributed by atoms with E-state index in [1.54, 1.807) is 6.92 Å². The normalized spacial score (nSPS) is 17.3. The Labute approximate surface area is 158 Å². The molecular formula is C21H25NO3S. The van der Waals surface area contributed by atoms with Gasteiger partial charge in [-0.05, 0) is 67.9 Å². The predicted molar refractivity (Wildman–Crippen MR) is 105 cm³/mol. The molecule has 2 aromatic rings. The average Bonchev–Trinajstić information content (AvgIpc) is 3.05. The van der Waals surface area contributed by atoms with Crippen LogP contribution in [0.2, 0.25) is 0 Å². The Morgan fingerprint density at radius 3 is 2.73 bits per heavy atom. The van der Waals surface area contributed by atoms with Gasteiger partial charge in [0.25, 0.3) is 5.91 Å². The van der Waals surface area contributed by atoms with E-state index in [1.807, 2.05) is 30.3 Å². The van der Waals surface area contributed by atoms with Crippen molar-refractivity contribution in [3.05, 3.63) is 51.2 Å². The van der Waals surface area contributed by atoms with Gasteiger partial charge < -0.3 is 10.1 Å². The van der Waals surface area contributed by atoms with E-state index >= 15 is 0 Å². The first-order chi connectivity index (χ1) is 12.5. The molecule has 3 rings (SSSR count). The fourth-order valence-electron chi connectivity index (χ4n) is 3.15. The van der Waals surface area contributed by atoms with Crippen molar-refractivity contribution in [1.29, 1.82) is 0 Å². The highest BCUT2D eigenvalue weighted by Gasteiger charge is 2.24. The number of thiophene rings is 1. The lowest BCUT2D eigenvalue weighted by Crippen LogP contribution is -2.29. The molecule has 1 aliphatic carbocycles. The van der Waals surface area contributed by atoms with Crippen molar-refractivity contribution in [2.45, 2.75) is 52.6 Å². The number of amides is 1. The molecule has 4 nitrogen and oxygen atoms in total. The summed E-state index contributed by atoms with van der Waals surface area (Å²) >= 11 is 1.50. The number of carbonyl (C=O) groups is 2. The minimum Gasteiger partial charge on any atom is -0.448 e. The predicted octanol–water partition coefficient (Wildman–Crippen LogP) is 4.62. The summed E-state index contributed by atoms with van der Waals surface area (Å²) in [7, 11) is 0. The number of rotatable bonds is 5. The second-order valence-corrected chi connectivity index (χ2v) is 8.13. The van der Waals surface area contributed by atoms with Crippen molar-refractivity contribution < 1.29 is 14.3 Å². The van der Waals surface area contributed by atoms with Crippen molar-refractivity contribution in [3.63, 3.8) is 0 Å². The van der Waals surface area contributed by atoms with Crippen LogP contribution in [0.4, 0.5) is 5.69 Å². The molecular weight excluding hydrogens is 346 g/mol. The van der Waals surface area contributed by atoms with E-state index in [9.17, 15) is 9.59 Å². The van der Waals surface area contributed by atoms with Gasteiger partial charge in [0.15, 0.2) is 6.10 Å². The number of nitrogens with one attached hydrogen (secondary N) is 1. The Hall–Kier alpha value is -2.14. The van der Waals surface area contributed by atoms with Gasteiger partial charge in [-0.1, -0.05) is 26.0 Å². The summed E-state index contributed by atoms with van der Waals surface area (Å²) in [6, 6.07) is 9.61. The molecule has 2 atom stereocenters. The van der Waals surface area contributed by atoms with E-state index in [0.717, 1.165) is 25.7 Å². The van der Waals surface area contributed by atoms with E-state index < -0.39 is 12.1 Å². The SMILES string of the molecule is CCc1ccc(NC(=O)[C@@H](C)OC(=O)c2cc3c(s2)CC[C@@H](C)C3)cc1. The average molecular weight is 372 g/mol. The number of fused-ring (bicyclic) bond motifs is 1. The number of benzene rings is 1. The van der Waals surface area contributed by atoms with Crippen molar-refractivity contribution >= 4 is 28.9 Å². The van der Waals surface area contributed by atoms with Crippen molar-refractivity contribution in [1.82, 2.24) is 0 Å². The topological polar surface area (TPSA) is 55.4 Å². The maximum absolute atomic E-state index is 12.4. The van der Waals surface area contributed by atoms with Crippen LogP contribution >= 0.6 is 11.3 Å². The summed E-state index contributed by atoms with van der Waals surface area (Å²) in [6.07, 6.45) is 3.32. The second kappa shape index (κ2) is 8.04. The minimum absolute atomic E-state index is 0.322. The van der Waals surface area contributed by atoms with Crippen LogP contribution in [0.1, 0.15) is 52.9 Å². The molecule has 0 bridgehead atoms. The molecule has 0 spiro atoms. The third-order valence-electron chi connectivity index (χ3n) is 4.81. The number of hydrogen-bond acceptors (Lipinski definition) is 4. The maximum Gasteiger partial charge on any atom is 0.349 e. The smallest absolute Gasteiger partial charge is 0.349 e. The molecule has 0 unspecified atom stereocenters. The standard InChI is InChI=1S/C21H25NO3S/c1-4-15-6-8-17(9-7-15)22-20(23)14(3)25-21(24)19-12-16-11-13(2)5-10-18(16)26-19/h6-9,12-14H,4-5,10-11H2,1-3H3,(H,22,23)/t13-,14-/m1/s1. The van der Waals surface area contributed by atoms with Gasteiger partial charge >= 0.3 is 5.97 Å². The van der Waals surface area contributed by atoms with E-state index in [1.165, 1.54) is 27.3 Å². The highest BCUT2D eigenvalue weighted by molar-refractivity contribution is 7.14. The lowest BCUT2D eigenvalue weighted by Gasteiger charge is -2.16. The molecule has 138 valence electrons. The number of esters is 1. The zero-order valence-corrected chi connectivity index (χ0v) is 16.3. The Morgan fingerprint density at radius 2 is 2.04 bits per heavy atom. The van der Waals surface area contributed by atoms with Crippen LogP contribution in [0.15, 0.2) is 30.3 Å². The van der Waals surface area contributed by atoms with Gasteiger partial charge in [0.2, 0.25) is 0 Å². The van der Waals surface area contributed by atoms with Crippen LogP contribution < -0.4 is 5.32 Å². The molecule has 0 fully saturated rings. The summed E-state index contributed by atoms with van der Waals surface area (Å²) < 4.78 is 5.38. The summed E-state index contributed by atoms with van der Waals surface area (Å²) in [5.74, 6) is -0.0802. The molecule has 5 heteroatoms. The molecule has 1 heterocycles. The molecule has 26 heavy (non-hydrogen) atoms. The molecule has 1 aromatic heterocycles. The highest BCUT2D eigenvalue weighted by atomic mass is 32.1. The molecule has 1 N–H and O–H groups in total. The molecule has 1 aliphatic rings. The van der Waals surface area contributed by atoms with E-state index in [4.69, 9.17) is 4.74 Å². The molecule has 0 radical (unpaired) electrons. The quantitative estimate of drug-likeness (QED) is 0.780. The van der Waals surface area contributed by atoms with Gasteiger partial charge in [-0.25, -0.2) is 4.79 Å². The van der Waals surface area contributed by atoms with Crippen LogP contribution in [0, 0.1) is 5.92 Å². The Balaban J connectivity index is 1.59. The van der Waals surface area contributed by atoms with Gasteiger partial charge in [0.1, 0.15) is 4.88 Å². The van der Waals surface area contributed by atoms with Crippen molar-refractivity contribution in [2.75, 3.05) is 5.32 Å². The van der Waals surface area contributed by atoms with E-state index in [-0.39, 0.29) is 5.91 Å². The van der Waals surface area contributed by atoms with Crippen LogP contribution in [0.25, 0.3) is 0 Å². The van der Waals surface area contributed by atoms with Gasteiger partial charge in [-0.3, -0.25) is 4.79 Å². The van der Waals surface area contributed by atoms with E-state index in [0.29, 0.717) is 16.5 Å². The Bertz CT molecular complexity index is 794. The molecule has 0 aliphatic heterocycles. The molecule has 0 saturated carbocycles. The zero-order valence-electron chi connectivity index (χ0n) is 15.5. The molecule has 1 aromatic carbocycles. The first kappa shape index (κ1) is 18.6. The lowest BCUT2D eigenvalue weighted by molar-refractivity contribution is -0.123. The molecule has 1 amide bonds. The van der Waals surface area contributed by atoms with Gasteiger partial charge in [0.05, 0.1) is 0 Å². The second-order valence-electron chi connectivity index (χ2n) is 6.99. The first-order valence-electron chi connectivity index (χ1n) is 9.18. The van der Waals surface area contributed by atoms with Crippen molar-refractivity contribution in [2.24, 2.45) is 5.92 Å². The van der Waals surface area contributed by atoms with Crippen LogP contribution in [-0.4, -0.2) is 18.0 Å². The summed E-state index contributed by atoms with van der Waals surface area (Å²) in [5, 5.41) is 2.79. The van der Waals surface area contributed by atoms with Crippen LogP contribution in [0.3, 0.4) is 0 Å². The fraction of sp³-hybridized carbons (Fsp3) is 0.429. The zero-order chi connectivity index (χ0) is 18.7. The van der Waals surface area contributed by atoms with Gasteiger partial charge in [0, 0.05) is 10.6 Å². The number of hydrogen-bond donors (Lipinski definition) is 1. The Morgan fingerprint density at radius 1 is 1.31 bits per heavy atom. The third-order valence-corrected chi connectivity index (χ3v) is 6.03. The van der Waals surface area contributed by atoms with Crippen LogP contribution in [0.5, 0.6) is 0 Å². The van der Waals surface area contributed by atoms with E-state index in [2.05, 4.69) is 19.2 Å². The number of aryl methyl sites for hydroxylation is 2. The lowest BCUT2D eigenvalue weighted by atomic mass is 9.90. The monoisotopic (exact) mass is 371 g/mol. The fourth-order valence-corrected chi connectivity index (χ4v) is 4.24. The van der Waals surface area contributed by atoms with Gasteiger partial charge in [-0.2, -0.15) is 0 Å². The summed E-state index contributed by atoms with van der Waals surface area (Å²) in [4.78, 5) is 26.6. The number of ether oxygens (including phenoxy) is 1. The summed E-state index contributed by atoms with van der Waals surface area (Å²) in [6.45, 7) is 5.92. The Kier molecular flexibility index (Phi) is 5.77.